The Bertz CT molecular complexity index is 793. The molecule has 1 aromatic carbocycles. The van der Waals surface area contributed by atoms with E-state index in [0.717, 1.165) is 60.5 Å². The molecule has 1 aromatic heterocycles. The number of rotatable bonds is 6. The van der Waals surface area contributed by atoms with E-state index in [1.807, 2.05) is 12.1 Å². The summed E-state index contributed by atoms with van der Waals surface area (Å²) >= 11 is 12.2. The first kappa shape index (κ1) is 23.2. The van der Waals surface area contributed by atoms with Crippen LogP contribution in [0, 0.1) is 0 Å². The lowest BCUT2D eigenvalue weighted by Gasteiger charge is -2.13. The van der Waals surface area contributed by atoms with Crippen LogP contribution in [0.5, 0.6) is 0 Å². The second-order valence-electron chi connectivity index (χ2n) is 6.69. The number of nitrogens with one attached hydrogen (secondary N) is 2. The smallest absolute Gasteiger partial charge is 0.191 e. The van der Waals surface area contributed by atoms with Crippen molar-refractivity contribution in [1.29, 1.82) is 0 Å². The van der Waals surface area contributed by atoms with Crippen LogP contribution >= 0.6 is 47.2 Å². The molecule has 0 aliphatic carbocycles. The number of fused-ring (bicyclic) bond motifs is 1. The number of hydrogen-bond acceptors (Lipinski definition) is 3. The Balaban J connectivity index is 0.00000280. The van der Waals surface area contributed by atoms with E-state index in [1.165, 1.54) is 19.3 Å². The van der Waals surface area contributed by atoms with E-state index in [0.29, 0.717) is 11.6 Å². The highest BCUT2D eigenvalue weighted by atomic mass is 127. The summed E-state index contributed by atoms with van der Waals surface area (Å²) in [7, 11) is 1.77. The monoisotopic (exact) mass is 536 g/mol. The summed E-state index contributed by atoms with van der Waals surface area (Å²) in [6.07, 6.45) is 6.51. The van der Waals surface area contributed by atoms with Crippen molar-refractivity contribution >= 4 is 53.1 Å². The number of nitrogens with zero attached hydrogens (tertiary/aromatic N) is 4. The topological polar surface area (TPSA) is 67.1 Å². The normalized spacial score (nSPS) is 14.0. The summed E-state index contributed by atoms with van der Waals surface area (Å²) in [6.45, 7) is 2.43. The average Bonchev–Trinajstić information content (AvgIpc) is 2.89. The van der Waals surface area contributed by atoms with E-state index >= 15 is 0 Å². The van der Waals surface area contributed by atoms with Gasteiger partial charge in [0.15, 0.2) is 11.8 Å². The molecule has 0 amide bonds. The van der Waals surface area contributed by atoms with Gasteiger partial charge in [0.1, 0.15) is 5.82 Å². The van der Waals surface area contributed by atoms with Gasteiger partial charge in [-0.1, -0.05) is 35.7 Å². The molecule has 1 aliphatic heterocycles. The molecular weight excluding hydrogens is 510 g/mol. The fraction of sp³-hybridized carbons (Fsp3) is 0.526. The first-order valence-corrected chi connectivity index (χ1v) is 10.2. The molecule has 3 rings (SSSR count). The predicted octanol–water partition coefficient (Wildman–Crippen LogP) is 4.23. The summed E-state index contributed by atoms with van der Waals surface area (Å²) in [5.74, 6) is 2.85. The van der Waals surface area contributed by atoms with Gasteiger partial charge in [0.2, 0.25) is 0 Å². The van der Waals surface area contributed by atoms with Gasteiger partial charge in [-0.15, -0.1) is 34.2 Å². The Morgan fingerprint density at radius 2 is 2.04 bits per heavy atom. The summed E-state index contributed by atoms with van der Waals surface area (Å²) in [4.78, 5) is 4.29. The van der Waals surface area contributed by atoms with Gasteiger partial charge < -0.3 is 15.2 Å². The third-order valence-electron chi connectivity index (χ3n) is 4.75. The molecule has 2 aromatic rings. The first-order valence-electron chi connectivity index (χ1n) is 9.47. The summed E-state index contributed by atoms with van der Waals surface area (Å²) < 4.78 is 2.25. The van der Waals surface area contributed by atoms with Crippen molar-refractivity contribution < 1.29 is 0 Å². The molecule has 6 nitrogen and oxygen atoms in total. The molecule has 0 spiro atoms. The van der Waals surface area contributed by atoms with Crippen LogP contribution in [0.2, 0.25) is 10.0 Å². The number of benzene rings is 1. The number of guanidine groups is 1. The second kappa shape index (κ2) is 11.8. The van der Waals surface area contributed by atoms with Gasteiger partial charge in [0, 0.05) is 36.6 Å². The van der Waals surface area contributed by atoms with Crippen LogP contribution in [-0.4, -0.2) is 34.3 Å². The van der Waals surface area contributed by atoms with Gasteiger partial charge >= 0.3 is 0 Å². The lowest BCUT2D eigenvalue weighted by molar-refractivity contribution is 0.596. The molecule has 2 heterocycles. The predicted molar refractivity (Wildman–Crippen MR) is 126 cm³/mol. The largest absolute Gasteiger partial charge is 0.356 e. The summed E-state index contributed by atoms with van der Waals surface area (Å²) in [5, 5.41) is 16.7. The Morgan fingerprint density at radius 1 is 1.18 bits per heavy atom. The Morgan fingerprint density at radius 3 is 2.82 bits per heavy atom. The second-order valence-corrected chi connectivity index (χ2v) is 7.53. The van der Waals surface area contributed by atoms with Crippen LogP contribution in [0.15, 0.2) is 23.2 Å². The zero-order valence-electron chi connectivity index (χ0n) is 16.0. The molecule has 0 fully saturated rings. The van der Waals surface area contributed by atoms with Crippen LogP contribution in [0.1, 0.15) is 42.9 Å². The highest BCUT2D eigenvalue weighted by Gasteiger charge is 2.14. The third-order valence-corrected chi connectivity index (χ3v) is 5.34. The van der Waals surface area contributed by atoms with Crippen molar-refractivity contribution in [3.8, 4) is 0 Å². The van der Waals surface area contributed by atoms with E-state index in [1.54, 1.807) is 13.1 Å². The van der Waals surface area contributed by atoms with E-state index in [-0.39, 0.29) is 24.0 Å². The minimum atomic E-state index is 0. The lowest BCUT2D eigenvalue weighted by atomic mass is 10.1. The van der Waals surface area contributed by atoms with Gasteiger partial charge in [0.05, 0.1) is 6.54 Å². The molecule has 0 bridgehead atoms. The molecule has 28 heavy (non-hydrogen) atoms. The van der Waals surface area contributed by atoms with Crippen molar-refractivity contribution in [1.82, 2.24) is 25.4 Å². The highest BCUT2D eigenvalue weighted by molar-refractivity contribution is 14.0. The molecule has 0 unspecified atom stereocenters. The molecule has 0 saturated carbocycles. The van der Waals surface area contributed by atoms with Crippen LogP contribution < -0.4 is 10.6 Å². The molecule has 2 N–H and O–H groups in total. The highest BCUT2D eigenvalue weighted by Crippen LogP contribution is 2.21. The van der Waals surface area contributed by atoms with Crippen LogP contribution in [0.3, 0.4) is 0 Å². The number of aromatic nitrogens is 3. The van der Waals surface area contributed by atoms with E-state index in [9.17, 15) is 0 Å². The van der Waals surface area contributed by atoms with Gasteiger partial charge in [0.25, 0.3) is 0 Å². The SMILES string of the molecule is CN=C(NCCCc1ccc(Cl)cc1Cl)NCc1nnc2n1CCCCC2.I. The summed E-state index contributed by atoms with van der Waals surface area (Å²) in [5.41, 5.74) is 1.11. The quantitative estimate of drug-likeness (QED) is 0.251. The fourth-order valence-corrected chi connectivity index (χ4v) is 3.77. The van der Waals surface area contributed by atoms with Gasteiger partial charge in [-0.25, -0.2) is 0 Å². The van der Waals surface area contributed by atoms with Crippen molar-refractivity contribution in [3.05, 3.63) is 45.5 Å². The number of aryl methyl sites for hydroxylation is 2. The fourth-order valence-electron chi connectivity index (χ4n) is 3.27. The molecule has 1 aliphatic rings. The van der Waals surface area contributed by atoms with E-state index in [2.05, 4.69) is 30.4 Å². The molecule has 0 atom stereocenters. The Kier molecular flexibility index (Phi) is 9.81. The van der Waals surface area contributed by atoms with Gasteiger partial charge in [-0.2, -0.15) is 0 Å². The first-order chi connectivity index (χ1) is 13.2. The van der Waals surface area contributed by atoms with Crippen LogP contribution in [0.25, 0.3) is 0 Å². The Labute approximate surface area is 193 Å². The maximum Gasteiger partial charge on any atom is 0.191 e. The molecule has 0 radical (unpaired) electrons. The van der Waals surface area contributed by atoms with Crippen LogP contribution in [0.4, 0.5) is 0 Å². The van der Waals surface area contributed by atoms with Crippen molar-refractivity contribution in [2.75, 3.05) is 13.6 Å². The zero-order chi connectivity index (χ0) is 19.1. The van der Waals surface area contributed by atoms with E-state index < -0.39 is 0 Å². The van der Waals surface area contributed by atoms with E-state index in [4.69, 9.17) is 23.2 Å². The average molecular weight is 537 g/mol. The zero-order valence-corrected chi connectivity index (χ0v) is 19.9. The van der Waals surface area contributed by atoms with Gasteiger partial charge in [-0.3, -0.25) is 4.99 Å². The molecule has 0 saturated heterocycles. The lowest BCUT2D eigenvalue weighted by Crippen LogP contribution is -2.38. The maximum atomic E-state index is 6.22. The van der Waals surface area contributed by atoms with Crippen molar-refractivity contribution in [3.63, 3.8) is 0 Å². The minimum absolute atomic E-state index is 0. The molecule has 9 heteroatoms. The third kappa shape index (κ3) is 6.49. The standard InChI is InChI=1S/C19H26Cl2N6.HI/c1-22-19(23-10-5-6-14-8-9-15(20)12-16(14)21)24-13-18-26-25-17-7-3-2-4-11-27(17)18;/h8-9,12H,2-7,10-11,13H2,1H3,(H2,22,23,24);1H. The number of halogens is 3. The summed E-state index contributed by atoms with van der Waals surface area (Å²) in [6, 6.07) is 5.64. The molecule has 154 valence electrons. The number of hydrogen-bond donors (Lipinski definition) is 2. The number of aliphatic imine (C=N–C) groups is 1. The molecular formula is C19H27Cl2IN6. The minimum Gasteiger partial charge on any atom is -0.356 e. The Hall–Kier alpha value is -1.06. The maximum absolute atomic E-state index is 6.22. The van der Waals surface area contributed by atoms with Crippen molar-refractivity contribution in [2.45, 2.75) is 51.6 Å². The van der Waals surface area contributed by atoms with Crippen LogP contribution in [-0.2, 0) is 25.9 Å². The van der Waals surface area contributed by atoms with Gasteiger partial charge in [-0.05, 0) is 43.4 Å². The van der Waals surface area contributed by atoms with Crippen molar-refractivity contribution in [2.24, 2.45) is 4.99 Å².